The van der Waals surface area contributed by atoms with Gasteiger partial charge in [-0.3, -0.25) is 4.79 Å². The fourth-order valence-electron chi connectivity index (χ4n) is 3.20. The van der Waals surface area contributed by atoms with Crippen molar-refractivity contribution >= 4 is 23.2 Å². The zero-order valence-electron chi connectivity index (χ0n) is 17.4. The predicted octanol–water partition coefficient (Wildman–Crippen LogP) is 6.91. The highest BCUT2D eigenvalue weighted by atomic mass is 35.5. The second-order valence-corrected chi connectivity index (χ2v) is 7.71. The van der Waals surface area contributed by atoms with Crippen LogP contribution < -0.4 is 10.1 Å². The molecule has 9 heteroatoms. The fraction of sp³-hybridized carbons (Fsp3) is 0.0800. The van der Waals surface area contributed by atoms with Gasteiger partial charge >= 0.3 is 0 Å². The van der Waals surface area contributed by atoms with Crippen LogP contribution in [0.5, 0.6) is 5.75 Å². The van der Waals surface area contributed by atoms with Crippen molar-refractivity contribution in [2.75, 3.05) is 5.32 Å². The van der Waals surface area contributed by atoms with Gasteiger partial charge in [-0.25, -0.2) is 17.6 Å². The Balaban J connectivity index is 1.49. The first-order valence-corrected chi connectivity index (χ1v) is 10.4. The summed E-state index contributed by atoms with van der Waals surface area (Å²) < 4.78 is 65.8. The predicted molar refractivity (Wildman–Crippen MR) is 118 cm³/mol. The third kappa shape index (κ3) is 5.40. The average molecular weight is 490 g/mol. The van der Waals surface area contributed by atoms with Crippen LogP contribution in [0, 0.1) is 23.3 Å². The third-order valence-electron chi connectivity index (χ3n) is 4.87. The van der Waals surface area contributed by atoms with Crippen LogP contribution in [-0.2, 0) is 13.0 Å². The van der Waals surface area contributed by atoms with Gasteiger partial charge in [0.25, 0.3) is 5.91 Å². The minimum atomic E-state index is -0.918. The quantitative estimate of drug-likeness (QED) is 0.287. The van der Waals surface area contributed by atoms with Crippen LogP contribution in [0.1, 0.15) is 27.4 Å². The van der Waals surface area contributed by atoms with E-state index in [1.807, 2.05) is 0 Å². The number of rotatable bonds is 7. The third-order valence-corrected chi connectivity index (χ3v) is 5.11. The number of carbonyl (C=O) groups excluding carboxylic acids is 1. The number of hydrogen-bond acceptors (Lipinski definition) is 3. The molecule has 1 aromatic heterocycles. The molecular weight excluding hydrogens is 474 g/mol. The Morgan fingerprint density at radius 2 is 1.65 bits per heavy atom. The summed E-state index contributed by atoms with van der Waals surface area (Å²) in [4.78, 5) is 12.4. The van der Waals surface area contributed by atoms with E-state index >= 15 is 0 Å². The van der Waals surface area contributed by atoms with Crippen LogP contribution in [-0.4, -0.2) is 5.91 Å². The van der Waals surface area contributed by atoms with Crippen molar-refractivity contribution in [1.29, 1.82) is 0 Å². The van der Waals surface area contributed by atoms with Gasteiger partial charge < -0.3 is 14.5 Å². The maximum atomic E-state index is 13.9. The van der Waals surface area contributed by atoms with Crippen LogP contribution >= 0.6 is 11.6 Å². The smallest absolute Gasteiger partial charge is 0.291 e. The normalized spacial score (nSPS) is 10.9. The minimum Gasteiger partial charge on any atom is -0.488 e. The highest BCUT2D eigenvalue weighted by Gasteiger charge is 2.17. The maximum Gasteiger partial charge on any atom is 0.291 e. The number of carbonyl (C=O) groups is 1. The molecular formula is C25H16ClF4NO3. The van der Waals surface area contributed by atoms with E-state index in [9.17, 15) is 22.4 Å². The molecule has 1 amide bonds. The van der Waals surface area contributed by atoms with Gasteiger partial charge in [-0.2, -0.15) is 0 Å². The van der Waals surface area contributed by atoms with Crippen LogP contribution in [0.15, 0.2) is 71.1 Å². The number of para-hydroxylation sites is 1. The molecule has 0 fully saturated rings. The molecule has 0 saturated heterocycles. The highest BCUT2D eigenvalue weighted by molar-refractivity contribution is 6.30. The maximum absolute atomic E-state index is 13.9. The van der Waals surface area contributed by atoms with Gasteiger partial charge in [-0.05, 0) is 54.6 Å². The number of anilines is 1. The van der Waals surface area contributed by atoms with E-state index in [0.717, 1.165) is 24.3 Å². The van der Waals surface area contributed by atoms with Crippen LogP contribution in [0.4, 0.5) is 23.2 Å². The molecule has 0 spiro atoms. The monoisotopic (exact) mass is 489 g/mol. The first-order valence-electron chi connectivity index (χ1n) is 9.99. The molecule has 0 aliphatic rings. The van der Waals surface area contributed by atoms with E-state index in [1.165, 1.54) is 24.3 Å². The number of furan rings is 1. The van der Waals surface area contributed by atoms with Gasteiger partial charge in [-0.15, -0.1) is 0 Å². The summed E-state index contributed by atoms with van der Waals surface area (Å²) in [5.41, 5.74) is 0.167. The molecule has 4 aromatic rings. The summed E-state index contributed by atoms with van der Waals surface area (Å²) in [7, 11) is 0. The van der Waals surface area contributed by atoms with Crippen molar-refractivity contribution in [3.8, 4) is 5.75 Å². The zero-order chi connectivity index (χ0) is 24.2. The lowest BCUT2D eigenvalue weighted by molar-refractivity contribution is 0.0994. The number of amides is 1. The van der Waals surface area contributed by atoms with E-state index in [2.05, 4.69) is 5.32 Å². The van der Waals surface area contributed by atoms with E-state index in [4.69, 9.17) is 20.8 Å². The first-order chi connectivity index (χ1) is 16.3. The molecule has 0 aliphatic carbocycles. The van der Waals surface area contributed by atoms with Crippen LogP contribution in [0.2, 0.25) is 5.02 Å². The van der Waals surface area contributed by atoms with Crippen LogP contribution in [0.25, 0.3) is 0 Å². The summed E-state index contributed by atoms with van der Waals surface area (Å²) in [6.45, 7) is -0.152. The number of nitrogens with one attached hydrogen (secondary N) is 1. The van der Waals surface area contributed by atoms with Crippen molar-refractivity contribution in [2.24, 2.45) is 0 Å². The molecule has 0 radical (unpaired) electrons. The Kier molecular flexibility index (Phi) is 6.88. The molecule has 0 unspecified atom stereocenters. The Morgan fingerprint density at radius 1 is 0.882 bits per heavy atom. The SMILES string of the molecule is O=C(Nc1c(F)cccc1F)c1ccc(Cc2cc(Cl)ccc2OCc2ccc(F)cc2F)o1. The van der Waals surface area contributed by atoms with Gasteiger partial charge in [0.1, 0.15) is 47.1 Å². The largest absolute Gasteiger partial charge is 0.488 e. The van der Waals surface area contributed by atoms with E-state index < -0.39 is 34.9 Å². The van der Waals surface area contributed by atoms with Gasteiger partial charge in [-0.1, -0.05) is 17.7 Å². The average Bonchev–Trinajstić information content (AvgIpc) is 3.25. The lowest BCUT2D eigenvalue weighted by Crippen LogP contribution is -2.13. The van der Waals surface area contributed by atoms with Gasteiger partial charge in [0, 0.05) is 28.6 Å². The zero-order valence-corrected chi connectivity index (χ0v) is 18.1. The highest BCUT2D eigenvalue weighted by Crippen LogP contribution is 2.28. The van der Waals surface area contributed by atoms with Gasteiger partial charge in [0.15, 0.2) is 5.76 Å². The number of hydrogen-bond donors (Lipinski definition) is 1. The van der Waals surface area contributed by atoms with Crippen molar-refractivity contribution in [1.82, 2.24) is 0 Å². The molecule has 4 rings (SSSR count). The van der Waals surface area contributed by atoms with E-state index in [0.29, 0.717) is 22.1 Å². The summed E-state index contributed by atoms with van der Waals surface area (Å²) in [6.07, 6.45) is 0.156. The molecule has 1 N–H and O–H groups in total. The molecule has 0 bridgehead atoms. The molecule has 174 valence electrons. The molecule has 0 saturated carbocycles. The first kappa shape index (κ1) is 23.4. The number of benzene rings is 3. The molecule has 1 heterocycles. The summed E-state index contributed by atoms with van der Waals surface area (Å²) in [5, 5.41) is 2.56. The van der Waals surface area contributed by atoms with Gasteiger partial charge in [0.05, 0.1) is 0 Å². The van der Waals surface area contributed by atoms with Crippen molar-refractivity contribution < 1.29 is 31.5 Å². The fourth-order valence-corrected chi connectivity index (χ4v) is 3.39. The van der Waals surface area contributed by atoms with Crippen molar-refractivity contribution in [2.45, 2.75) is 13.0 Å². The second kappa shape index (κ2) is 10.0. The molecule has 0 aliphatic heterocycles. The molecule has 4 nitrogen and oxygen atoms in total. The van der Waals surface area contributed by atoms with Crippen molar-refractivity contribution in [3.05, 3.63) is 118 Å². The molecule has 3 aromatic carbocycles. The Morgan fingerprint density at radius 3 is 2.38 bits per heavy atom. The Hall–Kier alpha value is -3.78. The molecule has 34 heavy (non-hydrogen) atoms. The lowest BCUT2D eigenvalue weighted by Gasteiger charge is -2.12. The summed E-state index contributed by atoms with van der Waals surface area (Å²) in [6, 6.07) is 14.1. The summed E-state index contributed by atoms with van der Waals surface area (Å²) >= 11 is 6.10. The van der Waals surface area contributed by atoms with E-state index in [1.54, 1.807) is 18.2 Å². The van der Waals surface area contributed by atoms with Crippen molar-refractivity contribution in [3.63, 3.8) is 0 Å². The lowest BCUT2D eigenvalue weighted by atomic mass is 10.1. The van der Waals surface area contributed by atoms with Crippen LogP contribution in [0.3, 0.4) is 0 Å². The minimum absolute atomic E-state index is 0.152. The topological polar surface area (TPSA) is 51.5 Å². The summed E-state index contributed by atoms with van der Waals surface area (Å²) in [5.74, 6) is -3.52. The Labute approximate surface area is 196 Å². The number of ether oxygens (including phenoxy) is 1. The Bertz CT molecular complexity index is 1340. The second-order valence-electron chi connectivity index (χ2n) is 7.27. The number of halogens is 5. The standard InChI is InChI=1S/C25H16ClF4NO3/c26-16-5-8-22(33-13-14-4-6-17(27)12-21(14)30)15(10-16)11-18-7-9-23(34-18)25(32)31-24-19(28)2-1-3-20(24)29/h1-10,12H,11,13H2,(H,31,32). The van der Waals surface area contributed by atoms with Gasteiger partial charge in [0.2, 0.25) is 0 Å². The van der Waals surface area contributed by atoms with E-state index in [-0.39, 0.29) is 24.4 Å². The molecule has 0 atom stereocenters.